The van der Waals surface area contributed by atoms with Gasteiger partial charge in [-0.25, -0.2) is 0 Å². The van der Waals surface area contributed by atoms with Crippen molar-refractivity contribution in [3.63, 3.8) is 0 Å². The smallest absolute Gasteiger partial charge is 0.0767 e. The number of rotatable bonds is 7. The van der Waals surface area contributed by atoms with Crippen molar-refractivity contribution in [1.29, 1.82) is 0 Å². The number of hydrogen-bond acceptors (Lipinski definition) is 2. The molecule has 0 spiro atoms. The Morgan fingerprint density at radius 3 is 2.58 bits per heavy atom. The van der Waals surface area contributed by atoms with E-state index in [4.69, 9.17) is 0 Å². The second-order valence-corrected chi connectivity index (χ2v) is 6.86. The molecule has 0 unspecified atom stereocenters. The lowest BCUT2D eigenvalue weighted by molar-refractivity contribution is 0.233. The van der Waals surface area contributed by atoms with E-state index in [1.807, 2.05) is 4.68 Å². The minimum Gasteiger partial charge on any atom is -0.295 e. The van der Waals surface area contributed by atoms with Crippen LogP contribution >= 0.6 is 15.9 Å². The fourth-order valence-electron chi connectivity index (χ4n) is 2.44. The Morgan fingerprint density at radius 1 is 1.42 bits per heavy atom. The van der Waals surface area contributed by atoms with E-state index in [2.05, 4.69) is 53.7 Å². The molecule has 1 aromatic heterocycles. The van der Waals surface area contributed by atoms with Crippen molar-refractivity contribution in [2.75, 3.05) is 6.54 Å². The van der Waals surface area contributed by atoms with Gasteiger partial charge in [-0.05, 0) is 54.1 Å². The van der Waals surface area contributed by atoms with Crippen LogP contribution in [-0.4, -0.2) is 27.3 Å². The van der Waals surface area contributed by atoms with Crippen LogP contribution < -0.4 is 0 Å². The summed E-state index contributed by atoms with van der Waals surface area (Å²) in [4.78, 5) is 2.64. The van der Waals surface area contributed by atoms with Gasteiger partial charge in [0, 0.05) is 19.6 Å². The Morgan fingerprint density at radius 2 is 2.11 bits per heavy atom. The quantitative estimate of drug-likeness (QED) is 0.760. The molecule has 1 fully saturated rings. The van der Waals surface area contributed by atoms with E-state index in [-0.39, 0.29) is 0 Å². The van der Waals surface area contributed by atoms with E-state index < -0.39 is 0 Å². The zero-order chi connectivity index (χ0) is 14.0. The van der Waals surface area contributed by atoms with E-state index in [0.29, 0.717) is 0 Å². The second kappa shape index (κ2) is 6.40. The number of halogens is 1. The van der Waals surface area contributed by atoms with E-state index in [0.717, 1.165) is 24.9 Å². The van der Waals surface area contributed by atoms with Crippen molar-refractivity contribution in [3.05, 3.63) is 15.9 Å². The van der Waals surface area contributed by atoms with Crippen LogP contribution in [0.4, 0.5) is 0 Å². The lowest BCUT2D eigenvalue weighted by Gasteiger charge is -2.23. The fraction of sp³-hybridized carbons (Fsp3) is 0.800. The topological polar surface area (TPSA) is 21.1 Å². The van der Waals surface area contributed by atoms with Gasteiger partial charge in [-0.2, -0.15) is 5.10 Å². The standard InChI is InChI=1S/C15H26BrN3/c1-5-13-15(16)14(18(4)17-13)10-19(12-6-7-12)9-8-11(2)3/h11-12H,5-10H2,1-4H3. The summed E-state index contributed by atoms with van der Waals surface area (Å²) < 4.78 is 3.26. The Kier molecular flexibility index (Phi) is 5.07. The summed E-state index contributed by atoms with van der Waals surface area (Å²) in [7, 11) is 2.06. The maximum absolute atomic E-state index is 4.60. The summed E-state index contributed by atoms with van der Waals surface area (Å²) in [6.45, 7) is 9.01. The van der Waals surface area contributed by atoms with Gasteiger partial charge in [-0.3, -0.25) is 9.58 Å². The molecule has 1 aromatic rings. The average molecular weight is 328 g/mol. The van der Waals surface area contributed by atoms with Gasteiger partial charge in [0.15, 0.2) is 0 Å². The molecular formula is C15H26BrN3. The van der Waals surface area contributed by atoms with Crippen molar-refractivity contribution in [3.8, 4) is 0 Å². The molecule has 0 bridgehead atoms. The first-order valence-corrected chi connectivity index (χ1v) is 8.26. The SMILES string of the molecule is CCc1nn(C)c(CN(CCC(C)C)C2CC2)c1Br. The third kappa shape index (κ3) is 3.82. The van der Waals surface area contributed by atoms with Crippen LogP contribution in [0.15, 0.2) is 4.47 Å². The van der Waals surface area contributed by atoms with Crippen LogP contribution in [0.25, 0.3) is 0 Å². The third-order valence-corrected chi connectivity index (χ3v) is 4.83. The van der Waals surface area contributed by atoms with Crippen molar-refractivity contribution in [1.82, 2.24) is 14.7 Å². The maximum atomic E-state index is 4.60. The lowest BCUT2D eigenvalue weighted by atomic mass is 10.1. The normalized spacial score (nSPS) is 15.7. The molecular weight excluding hydrogens is 302 g/mol. The van der Waals surface area contributed by atoms with Gasteiger partial charge < -0.3 is 0 Å². The van der Waals surface area contributed by atoms with Crippen molar-refractivity contribution >= 4 is 15.9 Å². The van der Waals surface area contributed by atoms with Crippen molar-refractivity contribution < 1.29 is 0 Å². The zero-order valence-corrected chi connectivity index (χ0v) is 14.2. The number of hydrogen-bond donors (Lipinski definition) is 0. The third-order valence-electron chi connectivity index (χ3n) is 3.91. The maximum Gasteiger partial charge on any atom is 0.0767 e. The van der Waals surface area contributed by atoms with Crippen LogP contribution in [0, 0.1) is 5.92 Å². The molecule has 3 nitrogen and oxygen atoms in total. The van der Waals surface area contributed by atoms with Crippen molar-refractivity contribution in [2.24, 2.45) is 13.0 Å². The van der Waals surface area contributed by atoms with Crippen LogP contribution in [0.5, 0.6) is 0 Å². The van der Waals surface area contributed by atoms with Crippen LogP contribution in [0.2, 0.25) is 0 Å². The van der Waals surface area contributed by atoms with Crippen LogP contribution in [0.3, 0.4) is 0 Å². The molecule has 0 N–H and O–H groups in total. The second-order valence-electron chi connectivity index (χ2n) is 6.07. The molecule has 0 amide bonds. The van der Waals surface area contributed by atoms with Gasteiger partial charge >= 0.3 is 0 Å². The Balaban J connectivity index is 2.06. The van der Waals surface area contributed by atoms with Gasteiger partial charge in [-0.1, -0.05) is 20.8 Å². The van der Waals surface area contributed by atoms with Gasteiger partial charge in [-0.15, -0.1) is 0 Å². The van der Waals surface area contributed by atoms with E-state index in [9.17, 15) is 0 Å². The summed E-state index contributed by atoms with van der Waals surface area (Å²) in [5.74, 6) is 0.780. The zero-order valence-electron chi connectivity index (χ0n) is 12.6. The minimum atomic E-state index is 0.780. The summed E-state index contributed by atoms with van der Waals surface area (Å²) in [6, 6.07) is 0.811. The van der Waals surface area contributed by atoms with Crippen LogP contribution in [0.1, 0.15) is 51.4 Å². The Labute approximate surface area is 125 Å². The molecule has 0 aromatic carbocycles. The summed E-state index contributed by atoms with van der Waals surface area (Å²) >= 11 is 3.73. The first-order valence-electron chi connectivity index (χ1n) is 7.47. The van der Waals surface area contributed by atoms with Crippen molar-refractivity contribution in [2.45, 2.75) is 59.0 Å². The Bertz CT molecular complexity index is 421. The predicted molar refractivity (Wildman–Crippen MR) is 83.2 cm³/mol. The molecule has 4 heteroatoms. The first kappa shape index (κ1) is 15.0. The minimum absolute atomic E-state index is 0.780. The highest BCUT2D eigenvalue weighted by Gasteiger charge is 2.30. The summed E-state index contributed by atoms with van der Waals surface area (Å²) in [5.41, 5.74) is 2.50. The first-order chi connectivity index (χ1) is 9.02. The van der Waals surface area contributed by atoms with E-state index >= 15 is 0 Å². The fourth-order valence-corrected chi connectivity index (χ4v) is 3.18. The number of aryl methyl sites for hydroxylation is 2. The molecule has 0 saturated heterocycles. The van der Waals surface area contributed by atoms with Crippen LogP contribution in [-0.2, 0) is 20.0 Å². The Hall–Kier alpha value is -0.350. The summed E-state index contributed by atoms with van der Waals surface area (Å²) in [6.07, 6.45) is 5.01. The molecule has 1 heterocycles. The monoisotopic (exact) mass is 327 g/mol. The molecule has 0 aliphatic heterocycles. The molecule has 2 rings (SSSR count). The lowest BCUT2D eigenvalue weighted by Crippen LogP contribution is -2.28. The van der Waals surface area contributed by atoms with Gasteiger partial charge in [0.2, 0.25) is 0 Å². The summed E-state index contributed by atoms with van der Waals surface area (Å²) in [5, 5.41) is 4.60. The van der Waals surface area contributed by atoms with Gasteiger partial charge in [0.25, 0.3) is 0 Å². The molecule has 1 saturated carbocycles. The predicted octanol–water partition coefficient (Wildman–Crippen LogP) is 3.76. The largest absolute Gasteiger partial charge is 0.295 e. The highest BCUT2D eigenvalue weighted by atomic mass is 79.9. The molecule has 0 atom stereocenters. The average Bonchev–Trinajstić information content (AvgIpc) is 3.15. The van der Waals surface area contributed by atoms with Gasteiger partial charge in [0.05, 0.1) is 15.9 Å². The molecule has 1 aliphatic carbocycles. The van der Waals surface area contributed by atoms with E-state index in [1.165, 1.54) is 41.7 Å². The molecule has 19 heavy (non-hydrogen) atoms. The molecule has 0 radical (unpaired) electrons. The number of aromatic nitrogens is 2. The molecule has 1 aliphatic rings. The van der Waals surface area contributed by atoms with E-state index in [1.54, 1.807) is 0 Å². The number of nitrogens with zero attached hydrogens (tertiary/aromatic N) is 3. The van der Waals surface area contributed by atoms with Gasteiger partial charge in [0.1, 0.15) is 0 Å². The highest BCUT2D eigenvalue weighted by molar-refractivity contribution is 9.10. The molecule has 108 valence electrons. The highest BCUT2D eigenvalue weighted by Crippen LogP contribution is 2.31.